The Labute approximate surface area is 140 Å². The second-order valence-corrected chi connectivity index (χ2v) is 6.35. The molecule has 2 aliphatic rings. The summed E-state index contributed by atoms with van der Waals surface area (Å²) in [4.78, 5) is 28.3. The molecule has 0 saturated carbocycles. The zero-order valence-corrected chi connectivity index (χ0v) is 13.8. The van der Waals surface area contributed by atoms with E-state index in [1.54, 1.807) is 6.92 Å². The first-order chi connectivity index (χ1) is 10.9. The van der Waals surface area contributed by atoms with E-state index in [4.69, 9.17) is 4.74 Å². The van der Waals surface area contributed by atoms with Crippen molar-refractivity contribution in [2.75, 3.05) is 13.2 Å². The predicted molar refractivity (Wildman–Crippen MR) is 83.9 cm³/mol. The van der Waals surface area contributed by atoms with Crippen LogP contribution in [-0.2, 0) is 14.3 Å². The molecule has 2 unspecified atom stereocenters. The van der Waals surface area contributed by atoms with E-state index in [-0.39, 0.29) is 23.5 Å². The summed E-state index contributed by atoms with van der Waals surface area (Å²) in [7, 11) is 0. The second kappa shape index (κ2) is 5.98. The highest BCUT2D eigenvalue weighted by molar-refractivity contribution is 9.10. The first kappa shape index (κ1) is 16.0. The van der Waals surface area contributed by atoms with Gasteiger partial charge in [-0.15, -0.1) is 0 Å². The number of carbonyl (C=O) groups is 2. The summed E-state index contributed by atoms with van der Waals surface area (Å²) in [5.74, 6) is -3.46. The van der Waals surface area contributed by atoms with E-state index in [1.165, 1.54) is 18.2 Å². The van der Waals surface area contributed by atoms with Crippen molar-refractivity contribution in [1.82, 2.24) is 0 Å². The van der Waals surface area contributed by atoms with Gasteiger partial charge in [0.25, 0.3) is 0 Å². The molecular weight excluding hydrogens is 369 g/mol. The van der Waals surface area contributed by atoms with E-state index < -0.39 is 23.6 Å². The Hall–Kier alpha value is -1.86. The van der Waals surface area contributed by atoms with E-state index in [1.807, 2.05) is 0 Å². The first-order valence-electron chi connectivity index (χ1n) is 6.97. The SMILES string of the molecule is CC1=NC2=C(C(=O)COC2)C(c2ccc(F)c(Br)c2)C1C(=O)O. The lowest BCUT2D eigenvalue weighted by molar-refractivity contribution is -0.139. The van der Waals surface area contributed by atoms with Gasteiger partial charge in [0.1, 0.15) is 18.3 Å². The van der Waals surface area contributed by atoms with Crippen LogP contribution in [0.2, 0.25) is 0 Å². The number of Topliss-reactive ketones (excluding diaryl/α,β-unsaturated/α-hetero) is 1. The van der Waals surface area contributed by atoms with Crippen LogP contribution >= 0.6 is 15.9 Å². The van der Waals surface area contributed by atoms with Crippen molar-refractivity contribution in [2.24, 2.45) is 10.9 Å². The van der Waals surface area contributed by atoms with Crippen LogP contribution in [0.3, 0.4) is 0 Å². The molecule has 1 N–H and O–H groups in total. The second-order valence-electron chi connectivity index (χ2n) is 5.50. The summed E-state index contributed by atoms with van der Waals surface area (Å²) in [5, 5.41) is 9.61. The van der Waals surface area contributed by atoms with E-state index in [2.05, 4.69) is 20.9 Å². The molecule has 0 amide bonds. The normalized spacial score (nSPS) is 24.3. The largest absolute Gasteiger partial charge is 0.481 e. The molecule has 23 heavy (non-hydrogen) atoms. The van der Waals surface area contributed by atoms with Crippen LogP contribution in [0.1, 0.15) is 18.4 Å². The lowest BCUT2D eigenvalue weighted by atomic mass is 9.74. The molecule has 1 aromatic rings. The van der Waals surface area contributed by atoms with Crippen molar-refractivity contribution in [3.8, 4) is 0 Å². The number of aliphatic imine (C=N–C) groups is 1. The minimum atomic E-state index is -1.07. The highest BCUT2D eigenvalue weighted by Crippen LogP contribution is 2.41. The van der Waals surface area contributed by atoms with Gasteiger partial charge in [0, 0.05) is 17.2 Å². The van der Waals surface area contributed by atoms with Crippen molar-refractivity contribution in [2.45, 2.75) is 12.8 Å². The molecule has 7 heteroatoms. The maximum atomic E-state index is 13.5. The highest BCUT2D eigenvalue weighted by atomic mass is 79.9. The van der Waals surface area contributed by atoms with Crippen LogP contribution in [0.15, 0.2) is 38.9 Å². The van der Waals surface area contributed by atoms with E-state index >= 15 is 0 Å². The summed E-state index contributed by atoms with van der Waals surface area (Å²) in [5.41, 5.74) is 1.78. The lowest BCUT2D eigenvalue weighted by Gasteiger charge is -2.33. The number of benzene rings is 1. The fraction of sp³-hybridized carbons (Fsp3) is 0.312. The van der Waals surface area contributed by atoms with Crippen molar-refractivity contribution >= 4 is 33.4 Å². The standard InChI is InChI=1S/C16H13BrFNO4/c1-7-13(16(21)22)14(8-2-3-10(18)9(17)4-8)15-11(19-7)5-23-6-12(15)20/h2-4,13-14H,5-6H2,1H3,(H,21,22). The predicted octanol–water partition coefficient (Wildman–Crippen LogP) is 2.70. The zero-order chi connectivity index (χ0) is 16.7. The smallest absolute Gasteiger partial charge is 0.313 e. The Balaban J connectivity index is 2.20. The maximum absolute atomic E-state index is 13.5. The number of hydrogen-bond acceptors (Lipinski definition) is 4. The number of carbonyl (C=O) groups excluding carboxylic acids is 1. The Bertz CT molecular complexity index is 771. The molecule has 2 aliphatic heterocycles. The summed E-state index contributed by atoms with van der Waals surface area (Å²) >= 11 is 3.11. The third-order valence-electron chi connectivity index (χ3n) is 4.06. The van der Waals surface area contributed by atoms with Gasteiger partial charge in [-0.3, -0.25) is 14.6 Å². The molecule has 3 rings (SSSR count). The van der Waals surface area contributed by atoms with Crippen LogP contribution in [0.5, 0.6) is 0 Å². The van der Waals surface area contributed by atoms with Crippen LogP contribution in [0.25, 0.3) is 0 Å². The van der Waals surface area contributed by atoms with E-state index in [9.17, 15) is 19.1 Å². The number of aliphatic carboxylic acids is 1. The number of hydrogen-bond donors (Lipinski definition) is 1. The molecule has 0 fully saturated rings. The molecule has 2 heterocycles. The lowest BCUT2D eigenvalue weighted by Crippen LogP contribution is -2.38. The number of carboxylic acid groups (broad SMARTS) is 1. The molecule has 1 aromatic carbocycles. The van der Waals surface area contributed by atoms with Gasteiger partial charge in [-0.2, -0.15) is 0 Å². The number of nitrogens with zero attached hydrogens (tertiary/aromatic N) is 1. The highest BCUT2D eigenvalue weighted by Gasteiger charge is 2.42. The molecule has 0 bridgehead atoms. The summed E-state index contributed by atoms with van der Waals surface area (Å²) in [6, 6.07) is 4.28. The minimum absolute atomic E-state index is 0.0986. The van der Waals surface area contributed by atoms with Gasteiger partial charge in [0.15, 0.2) is 5.78 Å². The van der Waals surface area contributed by atoms with Gasteiger partial charge >= 0.3 is 5.97 Å². The third-order valence-corrected chi connectivity index (χ3v) is 4.67. The number of ketones is 1. The molecule has 0 aliphatic carbocycles. The molecule has 0 aromatic heterocycles. The molecule has 0 saturated heterocycles. The van der Waals surface area contributed by atoms with Gasteiger partial charge in [-0.05, 0) is 40.5 Å². The van der Waals surface area contributed by atoms with Crippen molar-refractivity contribution in [1.29, 1.82) is 0 Å². The Morgan fingerprint density at radius 2 is 2.17 bits per heavy atom. The molecule has 0 spiro atoms. The Morgan fingerprint density at radius 1 is 1.43 bits per heavy atom. The number of rotatable bonds is 2. The zero-order valence-electron chi connectivity index (χ0n) is 12.2. The Kier molecular flexibility index (Phi) is 4.16. The van der Waals surface area contributed by atoms with Crippen LogP contribution in [0.4, 0.5) is 4.39 Å². The number of halogens is 2. The molecule has 120 valence electrons. The van der Waals surface area contributed by atoms with E-state index in [0.717, 1.165) is 0 Å². The topological polar surface area (TPSA) is 76.0 Å². The summed E-state index contributed by atoms with van der Waals surface area (Å²) in [6.07, 6.45) is 0. The van der Waals surface area contributed by atoms with Crippen molar-refractivity contribution in [3.05, 3.63) is 45.3 Å². The quantitative estimate of drug-likeness (QED) is 0.854. The minimum Gasteiger partial charge on any atom is -0.481 e. The van der Waals surface area contributed by atoms with Gasteiger partial charge in [-0.1, -0.05) is 6.07 Å². The molecule has 0 radical (unpaired) electrons. The van der Waals surface area contributed by atoms with Crippen molar-refractivity contribution < 1.29 is 23.8 Å². The fourth-order valence-corrected chi connectivity index (χ4v) is 3.48. The average Bonchev–Trinajstić information content (AvgIpc) is 2.48. The van der Waals surface area contributed by atoms with Crippen LogP contribution in [0, 0.1) is 11.7 Å². The van der Waals surface area contributed by atoms with Gasteiger partial charge in [0.2, 0.25) is 0 Å². The molecule has 2 atom stereocenters. The molecule has 5 nitrogen and oxygen atoms in total. The van der Waals surface area contributed by atoms with Gasteiger partial charge in [-0.25, -0.2) is 4.39 Å². The fourth-order valence-electron chi connectivity index (χ4n) is 3.08. The third kappa shape index (κ3) is 2.74. The summed E-state index contributed by atoms with van der Waals surface area (Å²) < 4.78 is 18.9. The number of ether oxygens (including phenoxy) is 1. The van der Waals surface area contributed by atoms with E-state index in [0.29, 0.717) is 22.5 Å². The number of carboxylic acids is 1. The Morgan fingerprint density at radius 3 is 2.83 bits per heavy atom. The molecular formula is C16H13BrFNO4. The van der Waals surface area contributed by atoms with Crippen molar-refractivity contribution in [3.63, 3.8) is 0 Å². The van der Waals surface area contributed by atoms with Gasteiger partial charge in [0.05, 0.1) is 16.8 Å². The van der Waals surface area contributed by atoms with Crippen LogP contribution in [-0.4, -0.2) is 35.8 Å². The van der Waals surface area contributed by atoms with Gasteiger partial charge < -0.3 is 9.84 Å². The maximum Gasteiger partial charge on any atom is 0.313 e. The van der Waals surface area contributed by atoms with Crippen LogP contribution < -0.4 is 0 Å². The first-order valence-corrected chi connectivity index (χ1v) is 7.76. The monoisotopic (exact) mass is 381 g/mol. The summed E-state index contributed by atoms with van der Waals surface area (Å²) in [6.45, 7) is 1.69. The average molecular weight is 382 g/mol.